The van der Waals surface area contributed by atoms with E-state index in [2.05, 4.69) is 0 Å². The van der Waals surface area contributed by atoms with Crippen molar-refractivity contribution in [2.45, 2.75) is 12.1 Å². The average Bonchev–Trinajstić information content (AvgIpc) is 1.98. The third-order valence-corrected chi connectivity index (χ3v) is 3.19. The molecule has 0 rings (SSSR count). The lowest BCUT2D eigenvalue weighted by molar-refractivity contribution is -0.155. The highest BCUT2D eigenvalue weighted by molar-refractivity contribution is 7.56. The van der Waals surface area contributed by atoms with Crippen LogP contribution in [0, 0.1) is 0 Å². The Hall–Kier alpha value is -1.24. The molecule has 9 heteroatoms. The Morgan fingerprint density at radius 1 is 1.14 bits per heavy atom. The van der Waals surface area contributed by atoms with Gasteiger partial charge in [-0.05, 0) is 6.92 Å². The molecule has 0 radical (unpaired) electrons. The number of hydrogen-bond donors (Lipinski definition) is 4. The van der Waals surface area contributed by atoms with E-state index in [4.69, 9.17) is 20.0 Å². The second kappa shape index (κ2) is 3.49. The molecule has 0 fully saturated rings. The van der Waals surface area contributed by atoms with Gasteiger partial charge in [-0.25, -0.2) is 4.79 Å². The van der Waals surface area contributed by atoms with Gasteiger partial charge in [0.1, 0.15) is 0 Å². The van der Waals surface area contributed by atoms with Crippen molar-refractivity contribution in [2.75, 3.05) is 0 Å². The maximum Gasteiger partial charge on any atom is 0.374 e. The maximum absolute atomic E-state index is 10.8. The third kappa shape index (κ3) is 1.82. The van der Waals surface area contributed by atoms with E-state index in [1.807, 2.05) is 0 Å². The predicted molar refractivity (Wildman–Crippen MR) is 40.7 cm³/mol. The first-order chi connectivity index (χ1) is 6.05. The minimum atomic E-state index is -5.38. The van der Waals surface area contributed by atoms with Crippen LogP contribution < -0.4 is 0 Å². The number of carbonyl (C=O) groups is 3. The normalized spacial score (nSPS) is 15.6. The second-order valence-electron chi connectivity index (χ2n) is 2.56. The van der Waals surface area contributed by atoms with Crippen LogP contribution in [0.15, 0.2) is 0 Å². The molecule has 0 heterocycles. The molecular weight excluding hydrogens is 219 g/mol. The zero-order chi connectivity index (χ0) is 11.7. The Bertz CT molecular complexity index is 340. The topological polar surface area (TPSA) is 149 Å². The molecule has 0 bridgehead atoms. The molecule has 0 aromatic heterocycles. The maximum atomic E-state index is 10.8. The molecule has 80 valence electrons. The van der Waals surface area contributed by atoms with Gasteiger partial charge in [0.25, 0.3) is 5.78 Å². The molecular formula is C5H7O8P. The van der Waals surface area contributed by atoms with Crippen LogP contribution in [0.1, 0.15) is 6.92 Å². The largest absolute Gasteiger partial charge is 0.480 e. The first kappa shape index (κ1) is 12.8. The van der Waals surface area contributed by atoms with E-state index in [0.717, 1.165) is 0 Å². The summed E-state index contributed by atoms with van der Waals surface area (Å²) >= 11 is 0. The average molecular weight is 226 g/mol. The molecule has 1 atom stereocenters. The molecule has 0 saturated carbocycles. The fourth-order valence-electron chi connectivity index (χ4n) is 0.562. The summed E-state index contributed by atoms with van der Waals surface area (Å²) in [6.45, 7) is 0.368. The van der Waals surface area contributed by atoms with E-state index < -0.39 is 30.5 Å². The molecule has 14 heavy (non-hydrogen) atoms. The number of carbonyl (C=O) groups excluding carboxylic acids is 1. The van der Waals surface area contributed by atoms with Gasteiger partial charge in [-0.2, -0.15) is 0 Å². The minimum absolute atomic E-state index is 0.368. The lowest BCUT2D eigenvalue weighted by Gasteiger charge is -2.21. The van der Waals surface area contributed by atoms with Crippen molar-refractivity contribution in [3.63, 3.8) is 0 Å². The summed E-state index contributed by atoms with van der Waals surface area (Å²) in [7, 11) is -5.38. The van der Waals surface area contributed by atoms with Gasteiger partial charge < -0.3 is 20.0 Å². The lowest BCUT2D eigenvalue weighted by atomic mass is 10.1. The lowest BCUT2D eigenvalue weighted by Crippen LogP contribution is -2.47. The molecule has 0 aliphatic carbocycles. The van der Waals surface area contributed by atoms with Crippen LogP contribution in [-0.2, 0) is 18.9 Å². The first-order valence-electron chi connectivity index (χ1n) is 3.12. The van der Waals surface area contributed by atoms with Crippen molar-refractivity contribution >= 4 is 25.3 Å². The molecule has 1 unspecified atom stereocenters. The first-order valence-corrected chi connectivity index (χ1v) is 4.73. The molecule has 0 aromatic carbocycles. The standard InChI is InChI=1S/C5H7O8P/c1-5(4(9)10,14(11,12)13)2(6)3(7)8/h1H3,(H,7,8)(H,9,10)(H2,11,12,13). The zero-order valence-electron chi connectivity index (χ0n) is 6.87. The van der Waals surface area contributed by atoms with Gasteiger partial charge in [0.05, 0.1) is 0 Å². The third-order valence-electron chi connectivity index (χ3n) is 1.64. The Balaban J connectivity index is 5.58. The van der Waals surface area contributed by atoms with Crippen molar-refractivity contribution in [2.24, 2.45) is 0 Å². The van der Waals surface area contributed by atoms with E-state index in [1.165, 1.54) is 0 Å². The SMILES string of the molecule is CC(C(=O)O)(C(=O)C(=O)O)P(=O)(O)O. The summed E-state index contributed by atoms with van der Waals surface area (Å²) in [5.74, 6) is -6.45. The highest BCUT2D eigenvalue weighted by atomic mass is 31.2. The zero-order valence-corrected chi connectivity index (χ0v) is 7.76. The van der Waals surface area contributed by atoms with Crippen molar-refractivity contribution in [3.8, 4) is 0 Å². The number of ketones is 1. The van der Waals surface area contributed by atoms with Crippen molar-refractivity contribution in [3.05, 3.63) is 0 Å². The van der Waals surface area contributed by atoms with Gasteiger partial charge in [0.15, 0.2) is 0 Å². The number of carboxylic acid groups (broad SMARTS) is 2. The van der Waals surface area contributed by atoms with Gasteiger partial charge in [0.2, 0.25) is 5.16 Å². The van der Waals surface area contributed by atoms with E-state index in [-0.39, 0.29) is 0 Å². The number of rotatable bonds is 4. The van der Waals surface area contributed by atoms with E-state index in [0.29, 0.717) is 6.92 Å². The predicted octanol–water partition coefficient (Wildman–Crippen LogP) is -1.34. The monoisotopic (exact) mass is 226 g/mol. The van der Waals surface area contributed by atoms with E-state index in [9.17, 15) is 18.9 Å². The molecule has 0 aliphatic rings. The van der Waals surface area contributed by atoms with E-state index >= 15 is 0 Å². The summed E-state index contributed by atoms with van der Waals surface area (Å²) < 4.78 is 10.7. The van der Waals surface area contributed by atoms with Gasteiger partial charge >= 0.3 is 19.5 Å². The molecule has 0 saturated heterocycles. The van der Waals surface area contributed by atoms with Crippen LogP contribution >= 0.6 is 7.60 Å². The smallest absolute Gasteiger partial charge is 0.374 e. The summed E-state index contributed by atoms with van der Waals surface area (Å²) in [5, 5.41) is 13.3. The van der Waals surface area contributed by atoms with Gasteiger partial charge in [-0.3, -0.25) is 14.2 Å². The molecule has 0 aromatic rings. The summed E-state index contributed by atoms with van der Waals surface area (Å²) in [6, 6.07) is 0. The Morgan fingerprint density at radius 2 is 1.50 bits per heavy atom. The van der Waals surface area contributed by atoms with Crippen LogP contribution in [0.5, 0.6) is 0 Å². The summed E-state index contributed by atoms with van der Waals surface area (Å²) in [4.78, 5) is 48.5. The van der Waals surface area contributed by atoms with Gasteiger partial charge in [-0.1, -0.05) is 0 Å². The second-order valence-corrected chi connectivity index (χ2v) is 4.54. The minimum Gasteiger partial charge on any atom is -0.480 e. The van der Waals surface area contributed by atoms with Crippen molar-refractivity contribution < 1.29 is 38.9 Å². The van der Waals surface area contributed by atoms with Crippen LogP contribution in [-0.4, -0.2) is 42.9 Å². The number of aliphatic carboxylic acids is 2. The van der Waals surface area contributed by atoms with Gasteiger partial charge in [0, 0.05) is 0 Å². The van der Waals surface area contributed by atoms with Crippen LogP contribution in [0.3, 0.4) is 0 Å². The van der Waals surface area contributed by atoms with Crippen molar-refractivity contribution in [1.29, 1.82) is 0 Å². The number of Topliss-reactive ketones (excluding diaryl/α,β-unsaturated/α-hetero) is 1. The highest BCUT2D eigenvalue weighted by Gasteiger charge is 2.58. The van der Waals surface area contributed by atoms with Crippen LogP contribution in [0.25, 0.3) is 0 Å². The summed E-state index contributed by atoms with van der Waals surface area (Å²) in [6.07, 6.45) is 0. The quantitative estimate of drug-likeness (QED) is 0.261. The van der Waals surface area contributed by atoms with Crippen molar-refractivity contribution in [1.82, 2.24) is 0 Å². The highest BCUT2D eigenvalue weighted by Crippen LogP contribution is 2.51. The van der Waals surface area contributed by atoms with Crippen LogP contribution in [0.2, 0.25) is 0 Å². The summed E-state index contributed by atoms with van der Waals surface area (Å²) in [5.41, 5.74) is 0. The Morgan fingerprint density at radius 3 is 1.57 bits per heavy atom. The van der Waals surface area contributed by atoms with Gasteiger partial charge in [-0.15, -0.1) is 0 Å². The molecule has 0 aliphatic heterocycles. The molecule has 0 spiro atoms. The fraction of sp³-hybridized carbons (Fsp3) is 0.400. The Kier molecular flexibility index (Phi) is 3.18. The van der Waals surface area contributed by atoms with Crippen LogP contribution in [0.4, 0.5) is 0 Å². The van der Waals surface area contributed by atoms with E-state index in [1.54, 1.807) is 0 Å². The molecule has 8 nitrogen and oxygen atoms in total. The molecule has 4 N–H and O–H groups in total. The number of hydrogen-bond acceptors (Lipinski definition) is 4. The molecule has 0 amide bonds. The number of carboxylic acids is 2. The Labute approximate surface area is 77.3 Å². The fourth-order valence-corrected chi connectivity index (χ4v) is 1.17.